The van der Waals surface area contributed by atoms with Crippen molar-refractivity contribution < 1.29 is 4.79 Å². The van der Waals surface area contributed by atoms with Gasteiger partial charge >= 0.3 is 0 Å². The first-order valence-corrected chi connectivity index (χ1v) is 6.46. The second-order valence-corrected chi connectivity index (χ2v) is 5.41. The molecule has 0 atom stereocenters. The summed E-state index contributed by atoms with van der Waals surface area (Å²) in [6.07, 6.45) is 0.967. The van der Waals surface area contributed by atoms with Crippen LogP contribution in [0.2, 0.25) is 0 Å². The van der Waals surface area contributed by atoms with Crippen LogP contribution in [0.3, 0.4) is 0 Å². The molecule has 2 rings (SSSR count). The lowest BCUT2D eigenvalue weighted by Gasteiger charge is -2.25. The molecule has 17 heavy (non-hydrogen) atoms. The number of carbonyl (C=O) groups is 1. The van der Waals surface area contributed by atoms with E-state index in [0.717, 1.165) is 18.5 Å². The normalized spacial score (nSPS) is 15.1. The molecule has 0 saturated carbocycles. The first-order chi connectivity index (χ1) is 8.02. The van der Waals surface area contributed by atoms with Gasteiger partial charge in [0.25, 0.3) is 5.91 Å². The van der Waals surface area contributed by atoms with E-state index in [1.807, 2.05) is 6.07 Å². The summed E-state index contributed by atoms with van der Waals surface area (Å²) in [6.45, 7) is 9.64. The SMILES string of the molecule is CC(C)c1ccc2c(c1C(C)C)CCNC2=O. The van der Waals surface area contributed by atoms with Crippen molar-refractivity contribution >= 4 is 5.91 Å². The largest absolute Gasteiger partial charge is 0.352 e. The molecule has 1 aromatic carbocycles. The summed E-state index contributed by atoms with van der Waals surface area (Å²) in [6, 6.07) is 4.12. The molecule has 0 fully saturated rings. The van der Waals surface area contributed by atoms with Crippen LogP contribution in [0.25, 0.3) is 0 Å². The minimum atomic E-state index is 0.0865. The van der Waals surface area contributed by atoms with Gasteiger partial charge in [-0.1, -0.05) is 33.8 Å². The van der Waals surface area contributed by atoms with Gasteiger partial charge in [-0.2, -0.15) is 0 Å². The quantitative estimate of drug-likeness (QED) is 0.832. The second-order valence-electron chi connectivity index (χ2n) is 5.41. The molecule has 1 aliphatic heterocycles. The van der Waals surface area contributed by atoms with Crippen molar-refractivity contribution in [3.8, 4) is 0 Å². The third-order valence-electron chi connectivity index (χ3n) is 3.50. The zero-order valence-electron chi connectivity index (χ0n) is 11.1. The summed E-state index contributed by atoms with van der Waals surface area (Å²) in [7, 11) is 0. The highest BCUT2D eigenvalue weighted by molar-refractivity contribution is 5.97. The Bertz CT molecular complexity index is 446. The van der Waals surface area contributed by atoms with Crippen molar-refractivity contribution in [1.29, 1.82) is 0 Å². The van der Waals surface area contributed by atoms with Crippen LogP contribution in [-0.2, 0) is 6.42 Å². The fourth-order valence-corrected chi connectivity index (χ4v) is 2.75. The Hall–Kier alpha value is -1.31. The molecular weight excluding hydrogens is 210 g/mol. The average Bonchev–Trinajstić information content (AvgIpc) is 2.27. The molecule has 2 nitrogen and oxygen atoms in total. The highest BCUT2D eigenvalue weighted by atomic mass is 16.1. The minimum Gasteiger partial charge on any atom is -0.352 e. The lowest BCUT2D eigenvalue weighted by atomic mass is 9.82. The Morgan fingerprint density at radius 2 is 1.82 bits per heavy atom. The summed E-state index contributed by atoms with van der Waals surface area (Å²) >= 11 is 0. The van der Waals surface area contributed by atoms with Crippen molar-refractivity contribution in [2.75, 3.05) is 6.54 Å². The maximum Gasteiger partial charge on any atom is 0.251 e. The van der Waals surface area contributed by atoms with E-state index in [-0.39, 0.29) is 5.91 Å². The van der Waals surface area contributed by atoms with Gasteiger partial charge in [-0.3, -0.25) is 4.79 Å². The van der Waals surface area contributed by atoms with Gasteiger partial charge in [0.15, 0.2) is 0 Å². The summed E-state index contributed by atoms with van der Waals surface area (Å²) in [5.74, 6) is 1.08. The Morgan fingerprint density at radius 1 is 1.12 bits per heavy atom. The molecule has 0 radical (unpaired) electrons. The van der Waals surface area contributed by atoms with Crippen molar-refractivity contribution in [1.82, 2.24) is 5.32 Å². The lowest BCUT2D eigenvalue weighted by molar-refractivity contribution is 0.0945. The van der Waals surface area contributed by atoms with Gasteiger partial charge in [0.1, 0.15) is 0 Å². The van der Waals surface area contributed by atoms with Crippen LogP contribution in [0.1, 0.15) is 66.6 Å². The molecule has 1 N–H and O–H groups in total. The zero-order valence-corrected chi connectivity index (χ0v) is 11.1. The van der Waals surface area contributed by atoms with E-state index in [4.69, 9.17) is 0 Å². The third kappa shape index (κ3) is 2.08. The highest BCUT2D eigenvalue weighted by Crippen LogP contribution is 2.32. The molecule has 0 aromatic heterocycles. The van der Waals surface area contributed by atoms with E-state index in [1.165, 1.54) is 16.7 Å². The minimum absolute atomic E-state index is 0.0865. The summed E-state index contributed by atoms with van der Waals surface area (Å²) in [5, 5.41) is 2.91. The number of benzene rings is 1. The van der Waals surface area contributed by atoms with Crippen LogP contribution in [-0.4, -0.2) is 12.5 Å². The van der Waals surface area contributed by atoms with Crippen LogP contribution >= 0.6 is 0 Å². The maximum absolute atomic E-state index is 11.8. The Labute approximate surface area is 103 Å². The number of rotatable bonds is 2. The number of nitrogens with one attached hydrogen (secondary N) is 1. The number of carbonyl (C=O) groups excluding carboxylic acids is 1. The monoisotopic (exact) mass is 231 g/mol. The van der Waals surface area contributed by atoms with Crippen LogP contribution in [0.4, 0.5) is 0 Å². The van der Waals surface area contributed by atoms with Gasteiger partial charge in [0, 0.05) is 12.1 Å². The van der Waals surface area contributed by atoms with Gasteiger partial charge < -0.3 is 5.32 Å². The van der Waals surface area contributed by atoms with Crippen LogP contribution in [0.15, 0.2) is 12.1 Å². The van der Waals surface area contributed by atoms with Crippen molar-refractivity contribution in [3.63, 3.8) is 0 Å². The molecule has 0 unspecified atom stereocenters. The molecule has 1 aliphatic rings. The Balaban J connectivity index is 2.65. The standard InChI is InChI=1S/C15H21NO/c1-9(2)11-5-6-13-12(14(11)10(3)4)7-8-16-15(13)17/h5-6,9-10H,7-8H2,1-4H3,(H,16,17). The van der Waals surface area contributed by atoms with Crippen LogP contribution in [0, 0.1) is 0 Å². The van der Waals surface area contributed by atoms with Gasteiger partial charge in [-0.25, -0.2) is 0 Å². The lowest BCUT2D eigenvalue weighted by Crippen LogP contribution is -2.33. The van der Waals surface area contributed by atoms with E-state index in [0.29, 0.717) is 11.8 Å². The van der Waals surface area contributed by atoms with E-state index in [9.17, 15) is 4.79 Å². The zero-order chi connectivity index (χ0) is 12.6. The molecule has 1 heterocycles. The Kier molecular flexibility index (Phi) is 3.23. The number of amides is 1. The van der Waals surface area contributed by atoms with E-state index in [1.54, 1.807) is 0 Å². The number of hydrogen-bond acceptors (Lipinski definition) is 1. The maximum atomic E-state index is 11.8. The third-order valence-corrected chi connectivity index (χ3v) is 3.50. The predicted octanol–water partition coefficient (Wildman–Crippen LogP) is 3.22. The van der Waals surface area contributed by atoms with Gasteiger partial charge in [-0.05, 0) is 41.0 Å². The molecule has 0 bridgehead atoms. The van der Waals surface area contributed by atoms with E-state index in [2.05, 4.69) is 39.1 Å². The van der Waals surface area contributed by atoms with Crippen LogP contribution in [0.5, 0.6) is 0 Å². The number of hydrogen-bond donors (Lipinski definition) is 1. The highest BCUT2D eigenvalue weighted by Gasteiger charge is 2.23. The van der Waals surface area contributed by atoms with Crippen molar-refractivity contribution in [2.45, 2.75) is 46.0 Å². The molecule has 0 spiro atoms. The summed E-state index contributed by atoms with van der Waals surface area (Å²) < 4.78 is 0. The van der Waals surface area contributed by atoms with Crippen molar-refractivity contribution in [2.24, 2.45) is 0 Å². The fraction of sp³-hybridized carbons (Fsp3) is 0.533. The predicted molar refractivity (Wildman–Crippen MR) is 70.7 cm³/mol. The molecule has 1 aromatic rings. The summed E-state index contributed by atoms with van der Waals surface area (Å²) in [5.41, 5.74) is 4.94. The molecule has 92 valence electrons. The fourth-order valence-electron chi connectivity index (χ4n) is 2.75. The molecule has 2 heteroatoms. The van der Waals surface area contributed by atoms with Crippen molar-refractivity contribution in [3.05, 3.63) is 34.4 Å². The van der Waals surface area contributed by atoms with E-state index >= 15 is 0 Å². The van der Waals surface area contributed by atoms with Gasteiger partial charge in [-0.15, -0.1) is 0 Å². The van der Waals surface area contributed by atoms with Gasteiger partial charge in [0.2, 0.25) is 0 Å². The molecular formula is C15H21NO. The molecule has 1 amide bonds. The molecule has 0 saturated heterocycles. The van der Waals surface area contributed by atoms with E-state index < -0.39 is 0 Å². The van der Waals surface area contributed by atoms with Crippen LogP contribution < -0.4 is 5.32 Å². The average molecular weight is 231 g/mol. The Morgan fingerprint density at radius 3 is 2.41 bits per heavy atom. The topological polar surface area (TPSA) is 29.1 Å². The smallest absolute Gasteiger partial charge is 0.251 e. The number of fused-ring (bicyclic) bond motifs is 1. The first-order valence-electron chi connectivity index (χ1n) is 6.46. The second kappa shape index (κ2) is 4.52. The molecule has 0 aliphatic carbocycles. The first kappa shape index (κ1) is 12.2. The van der Waals surface area contributed by atoms with Gasteiger partial charge in [0.05, 0.1) is 0 Å². The summed E-state index contributed by atoms with van der Waals surface area (Å²) in [4.78, 5) is 11.8.